The van der Waals surface area contributed by atoms with Gasteiger partial charge in [-0.15, -0.1) is 0 Å². The van der Waals surface area contributed by atoms with E-state index in [4.69, 9.17) is 16.0 Å². The largest absolute Gasteiger partial charge is 0.439 e. The Kier molecular flexibility index (Phi) is 3.22. The Bertz CT molecular complexity index is 563. The van der Waals surface area contributed by atoms with Gasteiger partial charge in [0.1, 0.15) is 11.3 Å². The first-order valence-electron chi connectivity index (χ1n) is 6.17. The Morgan fingerprint density at radius 1 is 1.50 bits per heavy atom. The van der Waals surface area contributed by atoms with E-state index in [0.29, 0.717) is 22.9 Å². The van der Waals surface area contributed by atoms with Crippen LogP contribution in [0.3, 0.4) is 0 Å². The number of oxazole rings is 1. The van der Waals surface area contributed by atoms with Crippen LogP contribution in [-0.4, -0.2) is 18.1 Å². The maximum Gasteiger partial charge on any atom is 0.195 e. The first-order chi connectivity index (χ1) is 8.72. The normalized spacial score (nSPS) is 19.8. The average Bonchev–Trinajstić information content (AvgIpc) is 2.93. The number of nitrogens with one attached hydrogen (secondary N) is 1. The summed E-state index contributed by atoms with van der Waals surface area (Å²) in [5.74, 6) is 0.948. The minimum absolute atomic E-state index is 0.284. The topological polar surface area (TPSA) is 38.1 Å². The molecule has 1 aliphatic rings. The maximum atomic E-state index is 13.2. The molecule has 0 spiro atoms. The third kappa shape index (κ3) is 2.35. The van der Waals surface area contributed by atoms with Gasteiger partial charge in [0.05, 0.1) is 5.02 Å². The molecule has 0 radical (unpaired) electrons. The van der Waals surface area contributed by atoms with Crippen molar-refractivity contribution in [1.82, 2.24) is 10.3 Å². The van der Waals surface area contributed by atoms with Gasteiger partial charge >= 0.3 is 0 Å². The summed E-state index contributed by atoms with van der Waals surface area (Å²) in [5, 5.41) is 3.61. The van der Waals surface area contributed by atoms with Gasteiger partial charge in [0.15, 0.2) is 11.5 Å². The summed E-state index contributed by atoms with van der Waals surface area (Å²) in [7, 11) is 0. The number of aromatic nitrogens is 1. The highest BCUT2D eigenvalue weighted by Gasteiger charge is 2.16. The van der Waals surface area contributed by atoms with E-state index in [2.05, 4.69) is 10.3 Å². The molecule has 1 fully saturated rings. The summed E-state index contributed by atoms with van der Waals surface area (Å²) in [6.45, 7) is 2.16. The van der Waals surface area contributed by atoms with Crippen LogP contribution in [0.25, 0.3) is 11.1 Å². The van der Waals surface area contributed by atoms with Gasteiger partial charge in [0, 0.05) is 12.5 Å². The minimum Gasteiger partial charge on any atom is -0.439 e. The lowest BCUT2D eigenvalue weighted by Gasteiger charge is -2.04. The molecule has 3 rings (SSSR count). The lowest BCUT2D eigenvalue weighted by atomic mass is 10.0. The molecule has 0 amide bonds. The van der Waals surface area contributed by atoms with Gasteiger partial charge in [0.25, 0.3) is 0 Å². The summed E-state index contributed by atoms with van der Waals surface area (Å²) in [5.41, 5.74) is 0.983. The molecule has 5 heteroatoms. The number of aryl methyl sites for hydroxylation is 1. The minimum atomic E-state index is -0.382. The van der Waals surface area contributed by atoms with Crippen LogP contribution in [-0.2, 0) is 6.42 Å². The molecule has 1 aromatic heterocycles. The van der Waals surface area contributed by atoms with Crippen molar-refractivity contribution >= 4 is 22.7 Å². The fourth-order valence-corrected chi connectivity index (χ4v) is 2.64. The molecule has 1 unspecified atom stereocenters. The first kappa shape index (κ1) is 11.9. The predicted octanol–water partition coefficient (Wildman–Crippen LogP) is 3.16. The van der Waals surface area contributed by atoms with Crippen LogP contribution >= 0.6 is 11.6 Å². The number of hydrogen-bond acceptors (Lipinski definition) is 3. The summed E-state index contributed by atoms with van der Waals surface area (Å²) in [6.07, 6.45) is 3.02. The second-order valence-electron chi connectivity index (χ2n) is 4.74. The van der Waals surface area contributed by atoms with E-state index < -0.39 is 0 Å². The first-order valence-corrected chi connectivity index (χ1v) is 6.55. The second kappa shape index (κ2) is 4.86. The smallest absolute Gasteiger partial charge is 0.195 e. The van der Waals surface area contributed by atoms with Crippen molar-refractivity contribution in [2.24, 2.45) is 5.92 Å². The monoisotopic (exact) mass is 268 g/mol. The van der Waals surface area contributed by atoms with Crippen molar-refractivity contribution in [1.29, 1.82) is 0 Å². The molecule has 2 aromatic rings. The van der Waals surface area contributed by atoms with Crippen molar-refractivity contribution in [2.45, 2.75) is 19.3 Å². The summed E-state index contributed by atoms with van der Waals surface area (Å²) < 4.78 is 18.7. The van der Waals surface area contributed by atoms with E-state index in [1.165, 1.54) is 18.6 Å². The van der Waals surface area contributed by atoms with Gasteiger partial charge in [0.2, 0.25) is 0 Å². The molecule has 0 bridgehead atoms. The van der Waals surface area contributed by atoms with Crippen molar-refractivity contribution < 1.29 is 8.81 Å². The van der Waals surface area contributed by atoms with E-state index >= 15 is 0 Å². The van der Waals surface area contributed by atoms with Crippen LogP contribution in [0, 0.1) is 11.7 Å². The maximum absolute atomic E-state index is 13.2. The van der Waals surface area contributed by atoms with Gasteiger partial charge in [-0.3, -0.25) is 0 Å². The SMILES string of the molecule is Fc1cc(Cl)c2oc(CCC3CCNC3)nc2c1. The van der Waals surface area contributed by atoms with Gasteiger partial charge in [-0.25, -0.2) is 9.37 Å². The lowest BCUT2D eigenvalue weighted by Crippen LogP contribution is -2.09. The molecule has 2 heterocycles. The molecule has 1 saturated heterocycles. The van der Waals surface area contributed by atoms with E-state index in [9.17, 15) is 4.39 Å². The molecule has 1 N–H and O–H groups in total. The Morgan fingerprint density at radius 3 is 3.17 bits per heavy atom. The second-order valence-corrected chi connectivity index (χ2v) is 5.15. The Labute approximate surface area is 109 Å². The third-order valence-electron chi connectivity index (χ3n) is 3.38. The summed E-state index contributed by atoms with van der Waals surface area (Å²) >= 11 is 5.92. The Balaban J connectivity index is 1.78. The number of fused-ring (bicyclic) bond motifs is 1. The van der Waals surface area contributed by atoms with E-state index in [1.807, 2.05) is 0 Å². The number of benzene rings is 1. The number of nitrogens with zero attached hydrogens (tertiary/aromatic N) is 1. The lowest BCUT2D eigenvalue weighted by molar-refractivity contribution is 0.466. The highest BCUT2D eigenvalue weighted by molar-refractivity contribution is 6.34. The van der Waals surface area contributed by atoms with Gasteiger partial charge in [-0.2, -0.15) is 0 Å². The van der Waals surface area contributed by atoms with Crippen LogP contribution < -0.4 is 5.32 Å². The van der Waals surface area contributed by atoms with E-state index in [1.54, 1.807) is 0 Å². The fraction of sp³-hybridized carbons (Fsp3) is 0.462. The molecule has 1 atom stereocenters. The van der Waals surface area contributed by atoms with Crippen LogP contribution in [0.4, 0.5) is 4.39 Å². The van der Waals surface area contributed by atoms with Gasteiger partial charge in [-0.1, -0.05) is 11.6 Å². The Hall–Kier alpha value is -1.13. The third-order valence-corrected chi connectivity index (χ3v) is 3.66. The number of rotatable bonds is 3. The van der Waals surface area contributed by atoms with E-state index in [-0.39, 0.29) is 10.8 Å². The molecular weight excluding hydrogens is 255 g/mol. The van der Waals surface area contributed by atoms with Crippen molar-refractivity contribution in [2.75, 3.05) is 13.1 Å². The fourth-order valence-electron chi connectivity index (χ4n) is 2.40. The zero-order valence-electron chi connectivity index (χ0n) is 9.88. The zero-order valence-corrected chi connectivity index (χ0v) is 10.6. The molecule has 0 saturated carbocycles. The molecule has 3 nitrogen and oxygen atoms in total. The summed E-state index contributed by atoms with van der Waals surface area (Å²) in [6, 6.07) is 2.60. The quantitative estimate of drug-likeness (QED) is 0.929. The highest BCUT2D eigenvalue weighted by atomic mass is 35.5. The predicted molar refractivity (Wildman–Crippen MR) is 68.3 cm³/mol. The molecule has 1 aliphatic heterocycles. The van der Waals surface area contributed by atoms with Crippen molar-refractivity contribution in [3.63, 3.8) is 0 Å². The van der Waals surface area contributed by atoms with Crippen LogP contribution in [0.2, 0.25) is 5.02 Å². The molecule has 0 aliphatic carbocycles. The number of halogens is 2. The van der Waals surface area contributed by atoms with Gasteiger partial charge < -0.3 is 9.73 Å². The highest BCUT2D eigenvalue weighted by Crippen LogP contribution is 2.26. The zero-order chi connectivity index (χ0) is 12.5. The number of hydrogen-bond donors (Lipinski definition) is 1. The standard InChI is InChI=1S/C13H14ClFN2O/c14-10-5-9(15)6-11-13(10)18-12(17-11)2-1-8-3-4-16-7-8/h5-6,8,16H,1-4,7H2. The van der Waals surface area contributed by atoms with Gasteiger partial charge in [-0.05, 0) is 37.9 Å². The van der Waals surface area contributed by atoms with Crippen molar-refractivity contribution in [3.05, 3.63) is 28.9 Å². The van der Waals surface area contributed by atoms with Crippen LogP contribution in [0.1, 0.15) is 18.7 Å². The Morgan fingerprint density at radius 2 is 2.39 bits per heavy atom. The molecule has 96 valence electrons. The molecule has 1 aromatic carbocycles. The molecule has 18 heavy (non-hydrogen) atoms. The average molecular weight is 269 g/mol. The van der Waals surface area contributed by atoms with Crippen molar-refractivity contribution in [3.8, 4) is 0 Å². The summed E-state index contributed by atoms with van der Waals surface area (Å²) in [4.78, 5) is 4.28. The van der Waals surface area contributed by atoms with Crippen LogP contribution in [0.15, 0.2) is 16.5 Å². The molecular formula is C13H14ClFN2O. The van der Waals surface area contributed by atoms with Crippen LogP contribution in [0.5, 0.6) is 0 Å². The van der Waals surface area contributed by atoms with E-state index in [0.717, 1.165) is 25.9 Å².